The molecule has 1 amide bonds. The zero-order valence-electron chi connectivity index (χ0n) is 11.2. The molecule has 5 nitrogen and oxygen atoms in total. The average molecular weight is 301 g/mol. The summed E-state index contributed by atoms with van der Waals surface area (Å²) in [6, 6.07) is 5.72. The van der Waals surface area contributed by atoms with Crippen LogP contribution in [0.25, 0.3) is 0 Å². The number of methoxy groups -OCH3 is 1. The van der Waals surface area contributed by atoms with Crippen LogP contribution in [0.15, 0.2) is 29.2 Å². The van der Waals surface area contributed by atoms with E-state index in [0.29, 0.717) is 4.90 Å². The maximum absolute atomic E-state index is 12.3. The number of hydrogen-bond acceptors (Lipinski definition) is 5. The Morgan fingerprint density at radius 2 is 2.00 bits per heavy atom. The number of amides is 1. The fourth-order valence-electron chi connectivity index (χ4n) is 1.56. The van der Waals surface area contributed by atoms with Crippen LogP contribution in [0.1, 0.15) is 12.5 Å². The van der Waals surface area contributed by atoms with Crippen LogP contribution in [0.3, 0.4) is 0 Å². The zero-order valence-corrected chi connectivity index (χ0v) is 12.0. The van der Waals surface area contributed by atoms with Gasteiger partial charge in [0.1, 0.15) is 6.04 Å². The lowest BCUT2D eigenvalue weighted by Gasteiger charge is -2.16. The summed E-state index contributed by atoms with van der Waals surface area (Å²) in [6.07, 6.45) is -0.443. The Morgan fingerprint density at radius 1 is 1.35 bits per heavy atom. The molecule has 1 aromatic rings. The number of halogens is 1. The maximum atomic E-state index is 12.3. The van der Waals surface area contributed by atoms with E-state index in [0.717, 1.165) is 5.56 Å². The lowest BCUT2D eigenvalue weighted by molar-refractivity contribution is -0.142. The first-order chi connectivity index (χ1) is 9.60. The summed E-state index contributed by atoms with van der Waals surface area (Å²) in [4.78, 5) is 23.5. The molecule has 0 heterocycles. The van der Waals surface area contributed by atoms with Gasteiger partial charge >= 0.3 is 12.1 Å². The van der Waals surface area contributed by atoms with Crippen molar-refractivity contribution >= 4 is 24.2 Å². The summed E-state index contributed by atoms with van der Waals surface area (Å²) < 4.78 is 21.7. The first-order valence-electron chi connectivity index (χ1n) is 5.99. The smallest absolute Gasteiger partial charge is 0.407 e. The van der Waals surface area contributed by atoms with Crippen LogP contribution in [0.5, 0.6) is 0 Å². The van der Waals surface area contributed by atoms with E-state index < -0.39 is 18.1 Å². The average Bonchev–Trinajstić information content (AvgIpc) is 2.46. The first kappa shape index (κ1) is 16.3. The van der Waals surface area contributed by atoms with E-state index in [1.54, 1.807) is 31.2 Å². The second kappa shape index (κ2) is 8.42. The van der Waals surface area contributed by atoms with Crippen molar-refractivity contribution in [3.8, 4) is 0 Å². The number of alkyl carbamates (subject to hydrolysis) is 1. The van der Waals surface area contributed by atoms with Gasteiger partial charge < -0.3 is 14.8 Å². The van der Waals surface area contributed by atoms with Crippen LogP contribution < -0.4 is 5.32 Å². The van der Waals surface area contributed by atoms with E-state index in [2.05, 4.69) is 10.1 Å². The number of esters is 1. The monoisotopic (exact) mass is 301 g/mol. The highest BCUT2D eigenvalue weighted by Crippen LogP contribution is 2.19. The van der Waals surface area contributed by atoms with Gasteiger partial charge in [-0.05, 0) is 24.6 Å². The minimum atomic E-state index is -0.845. The van der Waals surface area contributed by atoms with Crippen molar-refractivity contribution in [3.05, 3.63) is 29.8 Å². The maximum Gasteiger partial charge on any atom is 0.407 e. The molecule has 0 aromatic heterocycles. The Hall–Kier alpha value is -1.76. The second-order valence-electron chi connectivity index (χ2n) is 3.87. The Kier molecular flexibility index (Phi) is 6.86. The predicted octanol–water partition coefficient (Wildman–Crippen LogP) is 2.49. The molecule has 0 bridgehead atoms. The number of rotatable bonds is 6. The van der Waals surface area contributed by atoms with Gasteiger partial charge in [0.15, 0.2) is 0 Å². The quantitative estimate of drug-likeness (QED) is 0.818. The van der Waals surface area contributed by atoms with Gasteiger partial charge in [-0.25, -0.2) is 9.59 Å². The Morgan fingerprint density at radius 3 is 2.50 bits per heavy atom. The highest BCUT2D eigenvalue weighted by molar-refractivity contribution is 7.94. The molecule has 7 heteroatoms. The van der Waals surface area contributed by atoms with E-state index in [9.17, 15) is 13.5 Å². The van der Waals surface area contributed by atoms with Crippen LogP contribution in [0.2, 0.25) is 0 Å². The SMILES string of the molecule is CCOC(=O)NC(Cc1ccc(SF)cc1)C(=O)OC. The van der Waals surface area contributed by atoms with Crippen LogP contribution >= 0.6 is 12.1 Å². The van der Waals surface area contributed by atoms with Crippen molar-refractivity contribution < 1.29 is 22.9 Å². The molecule has 110 valence electrons. The Bertz CT molecular complexity index is 452. The van der Waals surface area contributed by atoms with Gasteiger partial charge in [0.25, 0.3) is 0 Å². The van der Waals surface area contributed by atoms with Crippen molar-refractivity contribution in [2.45, 2.75) is 24.3 Å². The van der Waals surface area contributed by atoms with E-state index in [4.69, 9.17) is 4.74 Å². The summed E-state index contributed by atoms with van der Waals surface area (Å²) in [6.45, 7) is 1.88. The Labute approximate surface area is 121 Å². The van der Waals surface area contributed by atoms with E-state index in [-0.39, 0.29) is 25.2 Å². The minimum absolute atomic E-state index is 0.143. The third-order valence-corrected chi connectivity index (χ3v) is 2.96. The molecule has 0 radical (unpaired) electrons. The fourth-order valence-corrected chi connectivity index (χ4v) is 1.80. The molecule has 1 atom stereocenters. The topological polar surface area (TPSA) is 64.6 Å². The third kappa shape index (κ3) is 5.08. The van der Waals surface area contributed by atoms with Gasteiger partial charge in [-0.1, -0.05) is 12.1 Å². The highest BCUT2D eigenvalue weighted by atomic mass is 32.2. The highest BCUT2D eigenvalue weighted by Gasteiger charge is 2.22. The van der Waals surface area contributed by atoms with Gasteiger partial charge in [-0.2, -0.15) is 3.89 Å². The van der Waals surface area contributed by atoms with Crippen molar-refractivity contribution in [1.82, 2.24) is 5.32 Å². The molecule has 20 heavy (non-hydrogen) atoms. The van der Waals surface area contributed by atoms with Crippen LogP contribution in [-0.4, -0.2) is 31.8 Å². The standard InChI is InChI=1S/C13H16FNO4S/c1-3-19-13(17)15-11(12(16)18-2)8-9-4-6-10(20-14)7-5-9/h4-7,11H,3,8H2,1-2H3,(H,15,17). The van der Waals surface area contributed by atoms with Crippen molar-refractivity contribution in [1.29, 1.82) is 0 Å². The second-order valence-corrected chi connectivity index (χ2v) is 4.49. The van der Waals surface area contributed by atoms with Gasteiger partial charge in [-0.15, -0.1) is 0 Å². The molecule has 1 unspecified atom stereocenters. The van der Waals surface area contributed by atoms with Crippen molar-refractivity contribution in [2.24, 2.45) is 0 Å². The van der Waals surface area contributed by atoms with Gasteiger partial charge in [0.05, 0.1) is 25.9 Å². The van der Waals surface area contributed by atoms with E-state index in [1.165, 1.54) is 7.11 Å². The van der Waals surface area contributed by atoms with Crippen molar-refractivity contribution in [3.63, 3.8) is 0 Å². The first-order valence-corrected chi connectivity index (χ1v) is 6.71. The largest absolute Gasteiger partial charge is 0.467 e. The number of benzene rings is 1. The minimum Gasteiger partial charge on any atom is -0.467 e. The van der Waals surface area contributed by atoms with Crippen LogP contribution in [-0.2, 0) is 20.7 Å². The molecule has 0 saturated carbocycles. The molecule has 0 aliphatic carbocycles. The van der Waals surface area contributed by atoms with Crippen LogP contribution in [0.4, 0.5) is 8.68 Å². The van der Waals surface area contributed by atoms with Crippen LogP contribution in [0, 0.1) is 0 Å². The molecule has 0 spiro atoms. The number of hydrogen-bond donors (Lipinski definition) is 1. The predicted molar refractivity (Wildman–Crippen MR) is 73.1 cm³/mol. The number of carbonyl (C=O) groups excluding carboxylic acids is 2. The Balaban J connectivity index is 2.72. The zero-order chi connectivity index (χ0) is 15.0. The van der Waals surface area contributed by atoms with Gasteiger partial charge in [0, 0.05) is 11.3 Å². The summed E-state index contributed by atoms with van der Waals surface area (Å²) in [5, 5.41) is 2.43. The van der Waals surface area contributed by atoms with E-state index >= 15 is 0 Å². The van der Waals surface area contributed by atoms with Gasteiger partial charge in [0.2, 0.25) is 0 Å². The molecule has 0 saturated heterocycles. The molecule has 1 N–H and O–H groups in total. The normalized spacial score (nSPS) is 11.6. The number of ether oxygens (including phenoxy) is 2. The fraction of sp³-hybridized carbons (Fsp3) is 0.385. The number of carbonyl (C=O) groups is 2. The van der Waals surface area contributed by atoms with E-state index in [1.807, 2.05) is 0 Å². The molecule has 0 aliphatic heterocycles. The molecule has 0 aliphatic rings. The lowest BCUT2D eigenvalue weighted by atomic mass is 10.1. The molecule has 0 fully saturated rings. The molecular weight excluding hydrogens is 285 g/mol. The third-order valence-electron chi connectivity index (χ3n) is 2.51. The summed E-state index contributed by atoms with van der Waals surface area (Å²) in [7, 11) is 1.24. The number of nitrogens with one attached hydrogen (secondary N) is 1. The van der Waals surface area contributed by atoms with Gasteiger partial charge in [-0.3, -0.25) is 0 Å². The summed E-state index contributed by atoms with van der Waals surface area (Å²) in [5.41, 5.74) is 0.773. The summed E-state index contributed by atoms with van der Waals surface area (Å²) >= 11 is 0.143. The lowest BCUT2D eigenvalue weighted by Crippen LogP contribution is -2.43. The molecular formula is C13H16FNO4S. The van der Waals surface area contributed by atoms with Crippen molar-refractivity contribution in [2.75, 3.05) is 13.7 Å². The molecule has 1 aromatic carbocycles. The summed E-state index contributed by atoms with van der Waals surface area (Å²) in [5.74, 6) is -0.568. The molecule has 1 rings (SSSR count).